The number of carbonyl (C=O) groups excluding carboxylic acids is 1. The van der Waals surface area contributed by atoms with Gasteiger partial charge >= 0.3 is 0 Å². The molecule has 0 bridgehead atoms. The average molecular weight is 387 g/mol. The molecule has 0 aliphatic carbocycles. The molecule has 1 aromatic carbocycles. The van der Waals surface area contributed by atoms with Gasteiger partial charge in [0, 0.05) is 43.2 Å². The Kier molecular flexibility index (Phi) is 5.02. The molecule has 1 aromatic heterocycles. The van der Waals surface area contributed by atoms with Crippen LogP contribution in [-0.4, -0.2) is 41.9 Å². The maximum atomic E-state index is 14.0. The molecule has 1 atom stereocenters. The fraction of sp³-hybridized carbons (Fsp3) is 0.429. The second-order valence-corrected chi connectivity index (χ2v) is 7.96. The van der Waals surface area contributed by atoms with Crippen LogP contribution in [0, 0.1) is 22.3 Å². The second kappa shape index (κ2) is 7.47. The smallest absolute Gasteiger partial charge is 0.259 e. The molecule has 7 heteroatoms. The molecule has 148 valence electrons. The molecule has 1 amide bonds. The summed E-state index contributed by atoms with van der Waals surface area (Å²) in [5, 5.41) is 11.5. The van der Waals surface area contributed by atoms with E-state index in [-0.39, 0.29) is 11.3 Å². The third-order valence-corrected chi connectivity index (χ3v) is 5.91. The molecule has 1 spiro atoms. The van der Waals surface area contributed by atoms with E-state index in [0.717, 1.165) is 38.4 Å². The summed E-state index contributed by atoms with van der Waals surface area (Å²) < 4.78 is 28.2. The quantitative estimate of drug-likeness (QED) is 0.601. The number of nitrogens with zero attached hydrogens (tertiary/aromatic N) is 3. The summed E-state index contributed by atoms with van der Waals surface area (Å²) in [5.74, 6) is -1.73. The molecular weight excluding hydrogens is 364 g/mol. The van der Waals surface area contributed by atoms with E-state index >= 15 is 0 Å². The van der Waals surface area contributed by atoms with Gasteiger partial charge < -0.3 is 10.1 Å². The highest BCUT2D eigenvalue weighted by Gasteiger charge is 2.43. The number of aromatic nitrogens is 1. The van der Waals surface area contributed by atoms with Crippen molar-refractivity contribution in [2.75, 3.05) is 26.2 Å². The molecule has 2 saturated heterocycles. The third-order valence-electron chi connectivity index (χ3n) is 5.91. The molecule has 3 heterocycles. The van der Waals surface area contributed by atoms with Gasteiger partial charge in [-0.1, -0.05) is 12.1 Å². The lowest BCUT2D eigenvalue weighted by atomic mass is 9.79. The fourth-order valence-electron chi connectivity index (χ4n) is 4.56. The van der Waals surface area contributed by atoms with Gasteiger partial charge in [0.2, 0.25) is 0 Å². The zero-order valence-corrected chi connectivity index (χ0v) is 15.6. The lowest BCUT2D eigenvalue weighted by Crippen LogP contribution is -2.45. The molecule has 0 saturated carbocycles. The molecule has 0 N–H and O–H groups in total. The van der Waals surface area contributed by atoms with E-state index in [1.807, 2.05) is 4.90 Å². The van der Waals surface area contributed by atoms with Gasteiger partial charge in [-0.05, 0) is 37.9 Å². The van der Waals surface area contributed by atoms with E-state index in [1.165, 1.54) is 18.5 Å². The van der Waals surface area contributed by atoms with Crippen LogP contribution in [0.5, 0.6) is 0 Å². The Morgan fingerprint density at radius 1 is 1.14 bits per heavy atom. The van der Waals surface area contributed by atoms with Crippen molar-refractivity contribution in [2.24, 2.45) is 5.41 Å². The van der Waals surface area contributed by atoms with Crippen molar-refractivity contribution >= 4 is 5.91 Å². The Morgan fingerprint density at radius 2 is 2.00 bits per heavy atom. The number of likely N-dealkylation sites (tertiary alicyclic amines) is 2. The fourth-order valence-corrected chi connectivity index (χ4v) is 4.56. The standard InChI is InChI=1S/C21H23F2N3O2/c22-18-6-1-4-16(19(18)23)12-24-9-3-7-21(14-24)8-11-25(15-21)20(27)17-5-2-10-26(28)13-17/h1-2,4-6,10,13H,3,7-9,11-12,14-15H2. The maximum Gasteiger partial charge on any atom is 0.259 e. The second-order valence-electron chi connectivity index (χ2n) is 7.96. The third kappa shape index (κ3) is 3.71. The predicted octanol–water partition coefficient (Wildman–Crippen LogP) is 2.73. The summed E-state index contributed by atoms with van der Waals surface area (Å²) >= 11 is 0. The van der Waals surface area contributed by atoms with E-state index in [2.05, 4.69) is 4.90 Å². The van der Waals surface area contributed by atoms with Crippen molar-refractivity contribution in [3.05, 3.63) is 70.7 Å². The molecule has 1 unspecified atom stereocenters. The first-order chi connectivity index (χ1) is 13.5. The Balaban J connectivity index is 1.44. The van der Waals surface area contributed by atoms with Crippen LogP contribution in [0.4, 0.5) is 8.78 Å². The van der Waals surface area contributed by atoms with Gasteiger partial charge in [-0.2, -0.15) is 4.73 Å². The van der Waals surface area contributed by atoms with Crippen molar-refractivity contribution in [1.29, 1.82) is 0 Å². The lowest BCUT2D eigenvalue weighted by molar-refractivity contribution is -0.605. The van der Waals surface area contributed by atoms with Crippen LogP contribution in [0.25, 0.3) is 0 Å². The predicted molar refractivity (Wildman–Crippen MR) is 99.2 cm³/mol. The summed E-state index contributed by atoms with van der Waals surface area (Å²) in [6.45, 7) is 3.23. The number of hydrogen-bond donors (Lipinski definition) is 0. The monoisotopic (exact) mass is 387 g/mol. The summed E-state index contributed by atoms with van der Waals surface area (Å²) in [6, 6.07) is 7.51. The summed E-state index contributed by atoms with van der Waals surface area (Å²) in [5.41, 5.74) is 0.733. The Hall–Kier alpha value is -2.54. The number of halogens is 2. The van der Waals surface area contributed by atoms with E-state index in [9.17, 15) is 18.8 Å². The van der Waals surface area contributed by atoms with Crippen molar-refractivity contribution in [3.8, 4) is 0 Å². The molecule has 5 nitrogen and oxygen atoms in total. The SMILES string of the molecule is O=C(c1ccc[n+]([O-])c1)N1CCC2(CCCN(Cc3cccc(F)c3F)C2)C1. The first kappa shape index (κ1) is 18.8. The zero-order valence-electron chi connectivity index (χ0n) is 15.6. The van der Waals surface area contributed by atoms with E-state index < -0.39 is 11.6 Å². The van der Waals surface area contributed by atoms with Gasteiger partial charge in [-0.25, -0.2) is 8.78 Å². The highest BCUT2D eigenvalue weighted by molar-refractivity contribution is 5.93. The van der Waals surface area contributed by atoms with Crippen LogP contribution >= 0.6 is 0 Å². The first-order valence-electron chi connectivity index (χ1n) is 9.59. The number of hydrogen-bond acceptors (Lipinski definition) is 3. The topological polar surface area (TPSA) is 50.5 Å². The van der Waals surface area contributed by atoms with Gasteiger partial charge in [0.15, 0.2) is 24.0 Å². The first-order valence-corrected chi connectivity index (χ1v) is 9.59. The Bertz CT molecular complexity index is 892. The number of pyridine rings is 1. The Labute approximate surface area is 162 Å². The zero-order chi connectivity index (χ0) is 19.7. The highest BCUT2D eigenvalue weighted by Crippen LogP contribution is 2.39. The molecule has 2 fully saturated rings. The highest BCUT2D eigenvalue weighted by atomic mass is 19.2. The molecular formula is C21H23F2N3O2. The van der Waals surface area contributed by atoms with Crippen LogP contribution in [-0.2, 0) is 6.54 Å². The molecule has 2 aliphatic heterocycles. The number of amides is 1. The minimum atomic E-state index is -0.819. The number of rotatable bonds is 3. The van der Waals surface area contributed by atoms with Gasteiger partial charge in [0.1, 0.15) is 5.56 Å². The van der Waals surface area contributed by atoms with Crippen LogP contribution in [0.15, 0.2) is 42.7 Å². The van der Waals surface area contributed by atoms with Crippen LogP contribution in [0.1, 0.15) is 35.2 Å². The average Bonchev–Trinajstić information content (AvgIpc) is 3.08. The van der Waals surface area contributed by atoms with Gasteiger partial charge in [-0.3, -0.25) is 9.69 Å². The lowest BCUT2D eigenvalue weighted by Gasteiger charge is -2.40. The Morgan fingerprint density at radius 3 is 2.82 bits per heavy atom. The molecule has 4 rings (SSSR count). The van der Waals surface area contributed by atoms with Crippen LogP contribution in [0.2, 0.25) is 0 Å². The van der Waals surface area contributed by atoms with Crippen molar-refractivity contribution in [3.63, 3.8) is 0 Å². The van der Waals surface area contributed by atoms with Crippen LogP contribution in [0.3, 0.4) is 0 Å². The van der Waals surface area contributed by atoms with Crippen molar-refractivity contribution in [2.45, 2.75) is 25.8 Å². The normalized spacial score (nSPS) is 22.7. The molecule has 2 aliphatic rings. The largest absolute Gasteiger partial charge is 0.619 e. The van der Waals surface area contributed by atoms with Crippen molar-refractivity contribution in [1.82, 2.24) is 9.80 Å². The number of piperidine rings is 1. The summed E-state index contributed by atoms with van der Waals surface area (Å²) in [4.78, 5) is 16.7. The number of benzene rings is 1. The van der Waals surface area contributed by atoms with E-state index in [0.29, 0.717) is 35.5 Å². The minimum Gasteiger partial charge on any atom is -0.619 e. The summed E-state index contributed by atoms with van der Waals surface area (Å²) in [7, 11) is 0. The minimum absolute atomic E-state index is 0.0278. The van der Waals surface area contributed by atoms with Crippen molar-refractivity contribution < 1.29 is 18.3 Å². The van der Waals surface area contributed by atoms with Gasteiger partial charge in [-0.15, -0.1) is 0 Å². The van der Waals surface area contributed by atoms with E-state index in [4.69, 9.17) is 0 Å². The molecule has 0 radical (unpaired) electrons. The van der Waals surface area contributed by atoms with E-state index in [1.54, 1.807) is 18.2 Å². The van der Waals surface area contributed by atoms with Gasteiger partial charge in [0.25, 0.3) is 5.91 Å². The van der Waals surface area contributed by atoms with Gasteiger partial charge in [0.05, 0.1) is 0 Å². The summed E-state index contributed by atoms with van der Waals surface area (Å²) in [6.07, 6.45) is 5.51. The molecule has 28 heavy (non-hydrogen) atoms. The molecule has 2 aromatic rings. The maximum absolute atomic E-state index is 14.0. The van der Waals surface area contributed by atoms with Crippen LogP contribution < -0.4 is 4.73 Å². The number of carbonyl (C=O) groups is 1.